The van der Waals surface area contributed by atoms with Crippen LogP contribution in [0.3, 0.4) is 0 Å². The zero-order valence-corrected chi connectivity index (χ0v) is 13.0. The number of ether oxygens (including phenoxy) is 1. The second-order valence-electron chi connectivity index (χ2n) is 5.93. The number of anilines is 1. The first-order valence-corrected chi connectivity index (χ1v) is 7.39. The highest BCUT2D eigenvalue weighted by Gasteiger charge is 2.26. The second-order valence-corrected chi connectivity index (χ2v) is 6.79. The van der Waals surface area contributed by atoms with Crippen molar-refractivity contribution in [3.05, 3.63) is 22.7 Å². The van der Waals surface area contributed by atoms with E-state index in [9.17, 15) is 0 Å². The number of benzene rings is 1. The molecule has 18 heavy (non-hydrogen) atoms. The van der Waals surface area contributed by atoms with E-state index < -0.39 is 0 Å². The van der Waals surface area contributed by atoms with Gasteiger partial charge in [0.2, 0.25) is 0 Å². The van der Waals surface area contributed by atoms with Gasteiger partial charge in [-0.25, -0.2) is 0 Å². The zero-order chi connectivity index (χ0) is 13.2. The van der Waals surface area contributed by atoms with Gasteiger partial charge in [0.05, 0.1) is 11.6 Å². The van der Waals surface area contributed by atoms with Gasteiger partial charge in [0.1, 0.15) is 5.75 Å². The number of hydrogen-bond acceptors (Lipinski definition) is 2. The molecule has 1 aliphatic carbocycles. The Kier molecular flexibility index (Phi) is 4.21. The third-order valence-electron chi connectivity index (χ3n) is 3.86. The maximum atomic E-state index is 5.24. The van der Waals surface area contributed by atoms with Crippen LogP contribution in [0.25, 0.3) is 0 Å². The van der Waals surface area contributed by atoms with E-state index in [4.69, 9.17) is 4.74 Å². The maximum absolute atomic E-state index is 5.24. The minimum atomic E-state index is 0.526. The van der Waals surface area contributed by atoms with E-state index in [1.165, 1.54) is 31.4 Å². The number of hydrogen-bond donors (Lipinski definition) is 1. The molecule has 1 aliphatic rings. The molecule has 2 nitrogen and oxygen atoms in total. The van der Waals surface area contributed by atoms with E-state index in [-0.39, 0.29) is 0 Å². The van der Waals surface area contributed by atoms with Gasteiger partial charge in [-0.2, -0.15) is 0 Å². The Morgan fingerprint density at radius 1 is 1.28 bits per heavy atom. The van der Waals surface area contributed by atoms with Gasteiger partial charge in [0, 0.05) is 11.7 Å². The highest BCUT2D eigenvalue weighted by atomic mass is 79.9. The van der Waals surface area contributed by atoms with Gasteiger partial charge in [-0.15, -0.1) is 0 Å². The average Bonchev–Trinajstić information content (AvgIpc) is 2.32. The standard InChI is InChI=1S/C15H22BrNO/c1-15(2)8-6-11(7-9-15)17-12-4-5-14(18-3)13(16)10-12/h4-5,10-11,17H,6-9H2,1-3H3. The SMILES string of the molecule is COc1ccc(NC2CCC(C)(C)CC2)cc1Br. The van der Waals surface area contributed by atoms with Crippen LogP contribution in [-0.2, 0) is 0 Å². The molecule has 1 fully saturated rings. The van der Waals surface area contributed by atoms with Crippen LogP contribution >= 0.6 is 15.9 Å². The van der Waals surface area contributed by atoms with Crippen LogP contribution in [0.4, 0.5) is 5.69 Å². The molecule has 0 heterocycles. The van der Waals surface area contributed by atoms with Gasteiger partial charge < -0.3 is 10.1 Å². The molecule has 1 N–H and O–H groups in total. The molecule has 0 spiro atoms. The Balaban J connectivity index is 1.96. The molecule has 1 saturated carbocycles. The predicted molar refractivity (Wildman–Crippen MR) is 80.4 cm³/mol. The van der Waals surface area contributed by atoms with Crippen molar-refractivity contribution in [3.63, 3.8) is 0 Å². The fourth-order valence-corrected chi connectivity index (χ4v) is 3.08. The van der Waals surface area contributed by atoms with Gasteiger partial charge in [-0.3, -0.25) is 0 Å². The first-order chi connectivity index (χ1) is 8.50. The van der Waals surface area contributed by atoms with Crippen LogP contribution in [0.2, 0.25) is 0 Å². The zero-order valence-electron chi connectivity index (χ0n) is 11.4. The predicted octanol–water partition coefficient (Wildman–Crippen LogP) is 4.84. The van der Waals surface area contributed by atoms with Crippen molar-refractivity contribution in [3.8, 4) is 5.75 Å². The number of rotatable bonds is 3. The van der Waals surface area contributed by atoms with Crippen LogP contribution in [0.15, 0.2) is 22.7 Å². The van der Waals surface area contributed by atoms with Gasteiger partial charge in [-0.1, -0.05) is 13.8 Å². The van der Waals surface area contributed by atoms with E-state index >= 15 is 0 Å². The van der Waals surface area contributed by atoms with Gasteiger partial charge in [0.15, 0.2) is 0 Å². The molecule has 3 heteroatoms. The summed E-state index contributed by atoms with van der Waals surface area (Å²) in [5, 5.41) is 3.63. The summed E-state index contributed by atoms with van der Waals surface area (Å²) in [7, 11) is 1.69. The fraction of sp³-hybridized carbons (Fsp3) is 0.600. The molecule has 0 saturated heterocycles. The van der Waals surface area contributed by atoms with Crippen molar-refractivity contribution in [2.75, 3.05) is 12.4 Å². The van der Waals surface area contributed by atoms with E-state index in [1.807, 2.05) is 6.07 Å². The topological polar surface area (TPSA) is 21.3 Å². The molecule has 1 aromatic carbocycles. The molecular formula is C15H22BrNO. The van der Waals surface area contributed by atoms with E-state index in [1.54, 1.807) is 7.11 Å². The Morgan fingerprint density at radius 3 is 2.50 bits per heavy atom. The van der Waals surface area contributed by atoms with Crippen molar-refractivity contribution in [1.29, 1.82) is 0 Å². The van der Waals surface area contributed by atoms with Crippen LogP contribution in [0, 0.1) is 5.41 Å². The van der Waals surface area contributed by atoms with E-state index in [2.05, 4.69) is 47.2 Å². The quantitative estimate of drug-likeness (QED) is 0.862. The monoisotopic (exact) mass is 311 g/mol. The van der Waals surface area contributed by atoms with E-state index in [0.717, 1.165) is 10.2 Å². The number of methoxy groups -OCH3 is 1. The summed E-state index contributed by atoms with van der Waals surface area (Å²) in [6.45, 7) is 4.74. The minimum Gasteiger partial charge on any atom is -0.496 e. The lowest BCUT2D eigenvalue weighted by Crippen LogP contribution is -2.29. The van der Waals surface area contributed by atoms with Crippen LogP contribution in [0.1, 0.15) is 39.5 Å². The molecule has 0 atom stereocenters. The molecule has 100 valence electrons. The largest absolute Gasteiger partial charge is 0.496 e. The summed E-state index contributed by atoms with van der Waals surface area (Å²) >= 11 is 3.53. The number of nitrogens with one attached hydrogen (secondary N) is 1. The molecular weight excluding hydrogens is 290 g/mol. The van der Waals surface area contributed by atoms with Crippen molar-refractivity contribution in [1.82, 2.24) is 0 Å². The Morgan fingerprint density at radius 2 is 1.94 bits per heavy atom. The first kappa shape index (κ1) is 13.7. The summed E-state index contributed by atoms with van der Waals surface area (Å²) in [6.07, 6.45) is 5.14. The lowest BCUT2D eigenvalue weighted by molar-refractivity contribution is 0.232. The number of halogens is 1. The molecule has 0 unspecified atom stereocenters. The molecule has 0 aromatic heterocycles. The summed E-state index contributed by atoms with van der Waals surface area (Å²) < 4.78 is 6.25. The Bertz CT molecular complexity index is 407. The summed E-state index contributed by atoms with van der Waals surface area (Å²) in [6, 6.07) is 6.79. The van der Waals surface area contributed by atoms with Gasteiger partial charge in [0.25, 0.3) is 0 Å². The van der Waals surface area contributed by atoms with Crippen LogP contribution in [-0.4, -0.2) is 13.2 Å². The smallest absolute Gasteiger partial charge is 0.133 e. The normalized spacial score (nSPS) is 19.6. The molecule has 0 aliphatic heterocycles. The third-order valence-corrected chi connectivity index (χ3v) is 4.48. The average molecular weight is 312 g/mol. The highest BCUT2D eigenvalue weighted by molar-refractivity contribution is 9.10. The molecule has 0 amide bonds. The molecule has 2 rings (SSSR count). The highest BCUT2D eigenvalue weighted by Crippen LogP contribution is 2.36. The second kappa shape index (κ2) is 5.52. The minimum absolute atomic E-state index is 0.526. The lowest BCUT2D eigenvalue weighted by atomic mass is 9.75. The Hall–Kier alpha value is -0.700. The molecule has 1 aromatic rings. The van der Waals surface area contributed by atoms with Crippen molar-refractivity contribution in [2.24, 2.45) is 5.41 Å². The summed E-state index contributed by atoms with van der Waals surface area (Å²) in [5.41, 5.74) is 1.70. The van der Waals surface area contributed by atoms with Crippen LogP contribution in [0.5, 0.6) is 5.75 Å². The summed E-state index contributed by atoms with van der Waals surface area (Å²) in [5.74, 6) is 0.880. The molecule has 0 bridgehead atoms. The van der Waals surface area contributed by atoms with E-state index in [0.29, 0.717) is 11.5 Å². The van der Waals surface area contributed by atoms with Gasteiger partial charge in [-0.05, 0) is 65.2 Å². The summed E-state index contributed by atoms with van der Waals surface area (Å²) in [4.78, 5) is 0. The van der Waals surface area contributed by atoms with Crippen molar-refractivity contribution >= 4 is 21.6 Å². The maximum Gasteiger partial charge on any atom is 0.133 e. The van der Waals surface area contributed by atoms with Gasteiger partial charge >= 0.3 is 0 Å². The third kappa shape index (κ3) is 3.41. The lowest BCUT2D eigenvalue weighted by Gasteiger charge is -2.35. The van der Waals surface area contributed by atoms with Crippen LogP contribution < -0.4 is 10.1 Å². The molecule has 0 radical (unpaired) electrons. The van der Waals surface area contributed by atoms with Crippen molar-refractivity contribution < 1.29 is 4.74 Å². The first-order valence-electron chi connectivity index (χ1n) is 6.60. The Labute approximate surface area is 118 Å². The fourth-order valence-electron chi connectivity index (χ4n) is 2.54. The van der Waals surface area contributed by atoms with Crippen molar-refractivity contribution in [2.45, 2.75) is 45.6 Å².